The molecule has 0 radical (unpaired) electrons. The summed E-state index contributed by atoms with van der Waals surface area (Å²) in [7, 11) is 1.63. The van der Waals surface area contributed by atoms with Crippen molar-refractivity contribution < 1.29 is 14.6 Å². The first kappa shape index (κ1) is 18.6. The molecule has 1 amide bonds. The Kier molecular flexibility index (Phi) is 5.23. The van der Waals surface area contributed by atoms with E-state index >= 15 is 0 Å². The number of ether oxygens (including phenoxy) is 1. The molecule has 27 heavy (non-hydrogen) atoms. The third-order valence-corrected chi connectivity index (χ3v) is 4.88. The molecular weight excluding hydrogens is 344 g/mol. The maximum Gasteiger partial charge on any atom is 0.246 e. The molecule has 142 valence electrons. The molecule has 0 saturated carbocycles. The van der Waals surface area contributed by atoms with E-state index in [2.05, 4.69) is 11.6 Å². The number of carbonyl (C=O) groups excluding carboxylic acids is 1. The topological polar surface area (TPSA) is 118 Å². The summed E-state index contributed by atoms with van der Waals surface area (Å²) in [4.78, 5) is 16.8. The number of aromatic nitrogens is 1. The standard InChI is InChI=1S/C20H24N4O3/c1-3-19(26)24-10-14(18(11-24)27-2)16-9-12(20(22)23-16)8-15(21)13-6-4-5-7-17(13)25/h3-9,14,18,23,25H,1,10-11,21-22H2,2H3/b15-8-. The maximum atomic E-state index is 11.9. The lowest BCUT2D eigenvalue weighted by atomic mass is 10.0. The van der Waals surface area contributed by atoms with Crippen molar-refractivity contribution in [3.05, 3.63) is 59.8 Å². The average Bonchev–Trinajstić information content (AvgIpc) is 3.25. The molecule has 1 aliphatic rings. The van der Waals surface area contributed by atoms with Crippen LogP contribution in [0.2, 0.25) is 0 Å². The highest BCUT2D eigenvalue weighted by Crippen LogP contribution is 2.32. The van der Waals surface area contributed by atoms with E-state index in [1.165, 1.54) is 6.08 Å². The number of nitrogens with zero attached hydrogens (tertiary/aromatic N) is 1. The van der Waals surface area contributed by atoms with Crippen molar-refractivity contribution in [2.75, 3.05) is 25.9 Å². The zero-order valence-corrected chi connectivity index (χ0v) is 15.2. The van der Waals surface area contributed by atoms with Crippen LogP contribution < -0.4 is 11.5 Å². The first-order valence-corrected chi connectivity index (χ1v) is 8.62. The molecule has 7 heteroatoms. The second-order valence-electron chi connectivity index (χ2n) is 6.54. The SMILES string of the molecule is C=CC(=O)N1CC(OC)C(c2cc(/C=C(\N)c3ccccc3O)c(N)[nH]2)C1. The van der Waals surface area contributed by atoms with E-state index in [0.717, 1.165) is 5.69 Å². The highest BCUT2D eigenvalue weighted by atomic mass is 16.5. The van der Waals surface area contributed by atoms with Gasteiger partial charge in [0.15, 0.2) is 0 Å². The highest BCUT2D eigenvalue weighted by molar-refractivity contribution is 5.87. The zero-order chi connectivity index (χ0) is 19.6. The lowest BCUT2D eigenvalue weighted by Gasteiger charge is -2.14. The summed E-state index contributed by atoms with van der Waals surface area (Å²) in [5.41, 5.74) is 14.8. The van der Waals surface area contributed by atoms with Gasteiger partial charge in [-0.05, 0) is 30.4 Å². The Bertz CT molecular complexity index is 887. The van der Waals surface area contributed by atoms with Crippen LogP contribution in [0.15, 0.2) is 43.0 Å². The first-order chi connectivity index (χ1) is 12.9. The lowest BCUT2D eigenvalue weighted by molar-refractivity contribution is -0.125. The van der Waals surface area contributed by atoms with Crippen LogP contribution in [0.3, 0.4) is 0 Å². The minimum atomic E-state index is -0.140. The number of hydrogen-bond acceptors (Lipinski definition) is 5. The quantitative estimate of drug-likeness (QED) is 0.601. The van der Waals surface area contributed by atoms with Crippen molar-refractivity contribution >= 4 is 23.5 Å². The van der Waals surface area contributed by atoms with E-state index in [1.807, 2.05) is 6.07 Å². The monoisotopic (exact) mass is 368 g/mol. The second-order valence-corrected chi connectivity index (χ2v) is 6.54. The highest BCUT2D eigenvalue weighted by Gasteiger charge is 2.36. The molecule has 2 unspecified atom stereocenters. The lowest BCUT2D eigenvalue weighted by Crippen LogP contribution is -2.28. The van der Waals surface area contributed by atoms with Crippen molar-refractivity contribution in [2.24, 2.45) is 5.73 Å². The summed E-state index contributed by atoms with van der Waals surface area (Å²) in [6.45, 7) is 4.55. The number of nitrogens with one attached hydrogen (secondary N) is 1. The number of nitrogens with two attached hydrogens (primary N) is 2. The molecule has 1 aliphatic heterocycles. The fraction of sp³-hybridized carbons (Fsp3) is 0.250. The fourth-order valence-electron chi connectivity index (χ4n) is 3.41. The normalized spacial score (nSPS) is 20.0. The predicted octanol–water partition coefficient (Wildman–Crippen LogP) is 1.89. The molecule has 0 bridgehead atoms. The third kappa shape index (κ3) is 3.68. The summed E-state index contributed by atoms with van der Waals surface area (Å²) < 4.78 is 5.56. The number of amides is 1. The largest absolute Gasteiger partial charge is 0.507 e. The number of likely N-dealkylation sites (tertiary alicyclic amines) is 1. The Balaban J connectivity index is 1.88. The number of H-pyrrole nitrogens is 1. The predicted molar refractivity (Wildman–Crippen MR) is 106 cm³/mol. The van der Waals surface area contributed by atoms with E-state index in [-0.39, 0.29) is 23.7 Å². The molecule has 0 spiro atoms. The number of hydrogen-bond donors (Lipinski definition) is 4. The first-order valence-electron chi connectivity index (χ1n) is 8.62. The van der Waals surface area contributed by atoms with Crippen LogP contribution >= 0.6 is 0 Å². The maximum absolute atomic E-state index is 11.9. The van der Waals surface area contributed by atoms with Gasteiger partial charge in [0.05, 0.1) is 6.10 Å². The molecule has 3 rings (SSSR count). The molecule has 2 atom stereocenters. The van der Waals surface area contributed by atoms with Gasteiger partial charge in [-0.2, -0.15) is 0 Å². The van der Waals surface area contributed by atoms with Gasteiger partial charge in [0, 0.05) is 48.6 Å². The van der Waals surface area contributed by atoms with Crippen molar-refractivity contribution in [1.82, 2.24) is 9.88 Å². The Morgan fingerprint density at radius 2 is 2.15 bits per heavy atom. The van der Waals surface area contributed by atoms with Gasteiger partial charge in [0.1, 0.15) is 11.6 Å². The van der Waals surface area contributed by atoms with Gasteiger partial charge < -0.3 is 31.2 Å². The van der Waals surface area contributed by atoms with Crippen LogP contribution in [0.25, 0.3) is 11.8 Å². The number of phenols is 1. The number of para-hydroxylation sites is 1. The summed E-state index contributed by atoms with van der Waals surface area (Å²) in [6.07, 6.45) is 2.88. The van der Waals surface area contributed by atoms with Crippen LogP contribution in [0.1, 0.15) is 22.7 Å². The van der Waals surface area contributed by atoms with Gasteiger partial charge in [-0.15, -0.1) is 0 Å². The minimum absolute atomic E-state index is 0.0327. The average molecular weight is 368 g/mol. The smallest absolute Gasteiger partial charge is 0.246 e. The van der Waals surface area contributed by atoms with E-state index in [0.29, 0.717) is 35.7 Å². The van der Waals surface area contributed by atoms with E-state index < -0.39 is 0 Å². The van der Waals surface area contributed by atoms with Gasteiger partial charge >= 0.3 is 0 Å². The Labute approximate surface area is 157 Å². The van der Waals surface area contributed by atoms with Gasteiger partial charge in [-0.3, -0.25) is 4.79 Å². The summed E-state index contributed by atoms with van der Waals surface area (Å²) in [5, 5.41) is 9.96. The van der Waals surface area contributed by atoms with Gasteiger partial charge in [0.2, 0.25) is 5.91 Å². The van der Waals surface area contributed by atoms with Crippen molar-refractivity contribution in [3.63, 3.8) is 0 Å². The van der Waals surface area contributed by atoms with Crippen molar-refractivity contribution in [2.45, 2.75) is 12.0 Å². The number of phenolic OH excluding ortho intramolecular Hbond substituents is 1. The van der Waals surface area contributed by atoms with Gasteiger partial charge in [0.25, 0.3) is 0 Å². The Hall–Kier alpha value is -3.19. The molecule has 1 aromatic carbocycles. The third-order valence-electron chi connectivity index (χ3n) is 4.88. The molecular formula is C20H24N4O3. The fourth-order valence-corrected chi connectivity index (χ4v) is 3.41. The molecule has 2 heterocycles. The van der Waals surface area contributed by atoms with E-state index in [4.69, 9.17) is 16.2 Å². The number of rotatable bonds is 5. The van der Waals surface area contributed by atoms with Crippen LogP contribution in [-0.2, 0) is 9.53 Å². The van der Waals surface area contributed by atoms with Crippen LogP contribution in [0.5, 0.6) is 5.75 Å². The summed E-state index contributed by atoms with van der Waals surface area (Å²) in [5.74, 6) is 0.416. The van der Waals surface area contributed by atoms with E-state index in [9.17, 15) is 9.90 Å². The van der Waals surface area contributed by atoms with Crippen molar-refractivity contribution in [1.29, 1.82) is 0 Å². The van der Waals surface area contributed by atoms with Crippen LogP contribution in [-0.4, -0.2) is 47.2 Å². The van der Waals surface area contributed by atoms with Gasteiger partial charge in [-0.1, -0.05) is 18.7 Å². The minimum Gasteiger partial charge on any atom is -0.507 e. The summed E-state index contributed by atoms with van der Waals surface area (Å²) in [6, 6.07) is 8.75. The number of methoxy groups -OCH3 is 1. The molecule has 6 N–H and O–H groups in total. The number of nitrogen functional groups attached to an aromatic ring is 1. The number of aromatic hydroxyl groups is 1. The number of benzene rings is 1. The zero-order valence-electron chi connectivity index (χ0n) is 15.2. The molecule has 7 nitrogen and oxygen atoms in total. The van der Waals surface area contributed by atoms with Crippen LogP contribution in [0.4, 0.5) is 5.82 Å². The molecule has 0 aliphatic carbocycles. The Morgan fingerprint density at radius 1 is 1.41 bits per heavy atom. The number of aromatic amines is 1. The molecule has 1 saturated heterocycles. The molecule has 1 aromatic heterocycles. The molecule has 1 fully saturated rings. The van der Waals surface area contributed by atoms with Crippen molar-refractivity contribution in [3.8, 4) is 5.75 Å². The van der Waals surface area contributed by atoms with E-state index in [1.54, 1.807) is 42.4 Å². The number of carbonyl (C=O) groups is 1. The molecule has 2 aromatic rings. The van der Waals surface area contributed by atoms with Crippen LogP contribution in [0, 0.1) is 0 Å². The second kappa shape index (κ2) is 7.59. The summed E-state index contributed by atoms with van der Waals surface area (Å²) >= 11 is 0. The Morgan fingerprint density at radius 3 is 2.81 bits per heavy atom. The van der Waals surface area contributed by atoms with Gasteiger partial charge in [-0.25, -0.2) is 0 Å². The number of anilines is 1.